The van der Waals surface area contributed by atoms with E-state index < -0.39 is 23.5 Å². The van der Waals surface area contributed by atoms with Crippen molar-refractivity contribution >= 4 is 17.7 Å². The molecule has 44 heavy (non-hydrogen) atoms. The molecule has 5 rings (SSSR count). The molecule has 0 spiro atoms. The zero-order valence-corrected chi connectivity index (χ0v) is 24.6. The number of ether oxygens (including phenoxy) is 3. The van der Waals surface area contributed by atoms with Gasteiger partial charge in [-0.1, -0.05) is 18.2 Å². The number of nitrogens with one attached hydrogen (secondary N) is 1. The van der Waals surface area contributed by atoms with Crippen LogP contribution in [0.2, 0.25) is 0 Å². The average Bonchev–Trinajstić information content (AvgIpc) is 3.49. The van der Waals surface area contributed by atoms with Crippen molar-refractivity contribution in [2.45, 2.75) is 18.8 Å². The molecular weight excluding hydrogens is 574 g/mol. The summed E-state index contributed by atoms with van der Waals surface area (Å²) in [7, 11) is 2.99. The van der Waals surface area contributed by atoms with Gasteiger partial charge in [0, 0.05) is 55.5 Å². The fourth-order valence-electron chi connectivity index (χ4n) is 5.65. The largest absolute Gasteiger partial charge is 0.493 e. The summed E-state index contributed by atoms with van der Waals surface area (Å²) >= 11 is 0. The zero-order valence-electron chi connectivity index (χ0n) is 24.6. The van der Waals surface area contributed by atoms with Crippen LogP contribution in [0.3, 0.4) is 0 Å². The molecule has 2 aromatic carbocycles. The van der Waals surface area contributed by atoms with E-state index >= 15 is 0 Å². The Kier molecular flexibility index (Phi) is 9.56. The van der Waals surface area contributed by atoms with Crippen LogP contribution in [-0.4, -0.2) is 86.1 Å². The number of halogens is 2. The first-order chi connectivity index (χ1) is 21.3. The van der Waals surface area contributed by atoms with Gasteiger partial charge in [-0.15, -0.1) is 0 Å². The Morgan fingerprint density at radius 2 is 1.84 bits per heavy atom. The van der Waals surface area contributed by atoms with E-state index in [1.807, 2.05) is 6.07 Å². The van der Waals surface area contributed by atoms with Crippen LogP contribution >= 0.6 is 0 Å². The van der Waals surface area contributed by atoms with Crippen molar-refractivity contribution in [2.24, 2.45) is 5.92 Å². The highest BCUT2D eigenvalue weighted by molar-refractivity contribution is 5.95. The van der Waals surface area contributed by atoms with Crippen LogP contribution in [0.15, 0.2) is 54.7 Å². The molecule has 0 saturated carbocycles. The van der Waals surface area contributed by atoms with Crippen molar-refractivity contribution in [1.29, 1.82) is 0 Å². The molecule has 3 heterocycles. The first-order valence-electron chi connectivity index (χ1n) is 14.4. The molecular formula is C32H34F2N4O6. The second kappa shape index (κ2) is 13.7. The van der Waals surface area contributed by atoms with E-state index in [1.54, 1.807) is 29.2 Å². The summed E-state index contributed by atoms with van der Waals surface area (Å²) in [5, 5.41) is 2.97. The molecule has 0 radical (unpaired) electrons. The van der Waals surface area contributed by atoms with Crippen LogP contribution < -0.4 is 19.5 Å². The van der Waals surface area contributed by atoms with Crippen molar-refractivity contribution in [3.05, 3.63) is 83.1 Å². The van der Waals surface area contributed by atoms with Gasteiger partial charge in [0.2, 0.25) is 17.7 Å². The number of hydrogen-bond donors (Lipinski definition) is 1. The van der Waals surface area contributed by atoms with E-state index in [1.165, 1.54) is 37.4 Å². The summed E-state index contributed by atoms with van der Waals surface area (Å²) in [4.78, 5) is 47.4. The lowest BCUT2D eigenvalue weighted by atomic mass is 9.88. The van der Waals surface area contributed by atoms with Gasteiger partial charge in [0.1, 0.15) is 6.61 Å². The minimum atomic E-state index is -1.05. The highest BCUT2D eigenvalue weighted by atomic mass is 19.2. The molecule has 232 valence electrons. The van der Waals surface area contributed by atoms with Gasteiger partial charge >= 0.3 is 0 Å². The zero-order chi connectivity index (χ0) is 31.2. The number of pyridine rings is 1. The number of amides is 3. The van der Waals surface area contributed by atoms with Gasteiger partial charge < -0.3 is 29.3 Å². The van der Waals surface area contributed by atoms with E-state index in [9.17, 15) is 23.2 Å². The molecule has 10 nitrogen and oxygen atoms in total. The molecule has 1 saturated heterocycles. The molecule has 2 aliphatic rings. The molecule has 0 aliphatic carbocycles. The summed E-state index contributed by atoms with van der Waals surface area (Å²) in [6.07, 6.45) is 1.61. The Labute approximate surface area is 253 Å². The molecule has 1 fully saturated rings. The second-order valence-electron chi connectivity index (χ2n) is 10.7. The number of likely N-dealkylation sites (tertiary alicyclic amines) is 1. The maximum absolute atomic E-state index is 14.3. The number of rotatable bonds is 5. The maximum atomic E-state index is 14.3. The van der Waals surface area contributed by atoms with Gasteiger partial charge in [-0.05, 0) is 36.2 Å². The number of methoxy groups -OCH3 is 2. The van der Waals surface area contributed by atoms with Crippen LogP contribution in [-0.2, 0) is 16.0 Å². The van der Waals surface area contributed by atoms with Crippen molar-refractivity contribution < 1.29 is 37.4 Å². The first kappa shape index (κ1) is 30.7. The van der Waals surface area contributed by atoms with Gasteiger partial charge in [0.25, 0.3) is 5.91 Å². The van der Waals surface area contributed by atoms with Crippen molar-refractivity contribution in [3.8, 4) is 17.4 Å². The lowest BCUT2D eigenvalue weighted by Gasteiger charge is -2.25. The quantitative estimate of drug-likeness (QED) is 0.474. The highest BCUT2D eigenvalue weighted by Crippen LogP contribution is 2.38. The van der Waals surface area contributed by atoms with Gasteiger partial charge in [-0.25, -0.2) is 13.8 Å². The highest BCUT2D eigenvalue weighted by Gasteiger charge is 2.41. The summed E-state index contributed by atoms with van der Waals surface area (Å²) in [5.41, 5.74) is 1.17. The molecule has 3 amide bonds. The third kappa shape index (κ3) is 6.74. The van der Waals surface area contributed by atoms with E-state index in [4.69, 9.17) is 14.2 Å². The molecule has 1 N–H and O–H groups in total. The van der Waals surface area contributed by atoms with Gasteiger partial charge in [0.15, 0.2) is 23.1 Å². The summed E-state index contributed by atoms with van der Waals surface area (Å²) in [5.74, 6) is -2.55. The topological polar surface area (TPSA) is 110 Å². The molecule has 2 atom stereocenters. The molecule has 3 aromatic rings. The lowest BCUT2D eigenvalue weighted by molar-refractivity contribution is -0.131. The van der Waals surface area contributed by atoms with Gasteiger partial charge in [-0.3, -0.25) is 14.4 Å². The van der Waals surface area contributed by atoms with E-state index in [2.05, 4.69) is 10.3 Å². The third-order valence-corrected chi connectivity index (χ3v) is 8.00. The Bertz CT molecular complexity index is 1540. The number of benzene rings is 2. The number of carbonyl (C=O) groups is 3. The molecule has 0 unspecified atom stereocenters. The monoisotopic (exact) mass is 608 g/mol. The number of hydrogen-bond acceptors (Lipinski definition) is 7. The Morgan fingerprint density at radius 1 is 1.02 bits per heavy atom. The van der Waals surface area contributed by atoms with Crippen LogP contribution in [0.4, 0.5) is 8.78 Å². The SMILES string of the molecule is COc1cc(C(=O)N2C[C@@H]3C(=O)NCCCN(C(=O)Cc4cccc(F)c4F)CCOc4cc(ccc4OC)[C@H]3C2)ccn1. The summed E-state index contributed by atoms with van der Waals surface area (Å²) in [6, 6.07) is 12.3. The third-order valence-electron chi connectivity index (χ3n) is 8.00. The minimum absolute atomic E-state index is 0.0328. The number of fused-ring (bicyclic) bond motifs is 4. The van der Waals surface area contributed by atoms with Crippen LogP contribution in [0.5, 0.6) is 17.4 Å². The van der Waals surface area contributed by atoms with Crippen LogP contribution in [0.25, 0.3) is 0 Å². The average molecular weight is 609 g/mol. The first-order valence-corrected chi connectivity index (χ1v) is 14.4. The second-order valence-corrected chi connectivity index (χ2v) is 10.7. The van der Waals surface area contributed by atoms with Crippen molar-refractivity contribution in [1.82, 2.24) is 20.1 Å². The molecule has 2 bridgehead atoms. The normalized spacial score (nSPS) is 18.9. The molecule has 2 aliphatic heterocycles. The molecule has 1 aromatic heterocycles. The predicted octanol–water partition coefficient (Wildman–Crippen LogP) is 3.20. The number of nitrogens with zero attached hydrogens (tertiary/aromatic N) is 3. The Hall–Kier alpha value is -4.74. The number of carbonyl (C=O) groups excluding carboxylic acids is 3. The van der Waals surface area contributed by atoms with Crippen molar-refractivity contribution in [2.75, 3.05) is 53.6 Å². The van der Waals surface area contributed by atoms with Gasteiger partial charge in [0.05, 0.1) is 33.1 Å². The fourth-order valence-corrected chi connectivity index (χ4v) is 5.65. The van der Waals surface area contributed by atoms with E-state index in [-0.39, 0.29) is 62.5 Å². The van der Waals surface area contributed by atoms with Crippen LogP contribution in [0.1, 0.15) is 33.8 Å². The van der Waals surface area contributed by atoms with Crippen molar-refractivity contribution in [3.63, 3.8) is 0 Å². The summed E-state index contributed by atoms with van der Waals surface area (Å²) < 4.78 is 44.7. The summed E-state index contributed by atoms with van der Waals surface area (Å²) in [6.45, 7) is 1.36. The van der Waals surface area contributed by atoms with E-state index in [0.29, 0.717) is 35.9 Å². The smallest absolute Gasteiger partial charge is 0.254 e. The Morgan fingerprint density at radius 3 is 2.64 bits per heavy atom. The lowest BCUT2D eigenvalue weighted by Crippen LogP contribution is -2.40. The number of aromatic nitrogens is 1. The van der Waals surface area contributed by atoms with Crippen LogP contribution in [0, 0.1) is 17.6 Å². The predicted molar refractivity (Wildman–Crippen MR) is 156 cm³/mol. The fraction of sp³-hybridized carbons (Fsp3) is 0.375. The van der Waals surface area contributed by atoms with E-state index in [0.717, 1.165) is 11.6 Å². The minimum Gasteiger partial charge on any atom is -0.493 e. The van der Waals surface area contributed by atoms with Gasteiger partial charge in [-0.2, -0.15) is 0 Å². The Balaban J connectivity index is 1.37. The standard InChI is InChI=1S/C32H34F2N4O6/c1-42-26-8-7-20-15-27(26)44-14-13-37(29(39)17-21-5-3-6-25(33)30(21)34)12-4-10-36-31(40)24-19-38(18-23(20)24)32(41)22-9-11-35-28(16-22)43-2/h3,5-9,11,15-16,23-24H,4,10,12-14,17-19H2,1-2H3,(H,36,40)/t23-,24+/m1/s1. The molecule has 12 heteroatoms. The maximum Gasteiger partial charge on any atom is 0.254 e.